The second-order valence-corrected chi connectivity index (χ2v) is 8.93. The lowest BCUT2D eigenvalue weighted by Crippen LogP contribution is -2.27. The Bertz CT molecular complexity index is 1020. The Morgan fingerprint density at radius 3 is 2.68 bits per heavy atom. The fourth-order valence-electron chi connectivity index (χ4n) is 4.03. The summed E-state index contributed by atoms with van der Waals surface area (Å²) >= 11 is 1.23. The lowest BCUT2D eigenvalue weighted by molar-refractivity contribution is -0.137. The summed E-state index contributed by atoms with van der Waals surface area (Å²) in [5.74, 6) is -0.158. The molecule has 0 spiro atoms. The van der Waals surface area contributed by atoms with Crippen molar-refractivity contribution < 1.29 is 18.0 Å². The summed E-state index contributed by atoms with van der Waals surface area (Å²) in [5.41, 5.74) is 0.0278. The molecule has 1 aliphatic heterocycles. The molecule has 0 atom stereocenters. The van der Waals surface area contributed by atoms with Crippen LogP contribution < -0.4 is 10.6 Å². The standard InChI is InChI=1S/C23H24F3N3OS/c24-23(25,26)18-14-16(5-3-4-15-10-12-27-13-11-15)8-9-17(18)21(30)29-22-28-19-6-1-2-7-20(19)31-22/h1-2,6-9,14-15,27H,3-5,10-13H2,(H,28,29,30). The molecule has 3 aromatic rings. The molecule has 0 radical (unpaired) electrons. The number of fused-ring (bicyclic) bond motifs is 1. The maximum atomic E-state index is 13.7. The highest BCUT2D eigenvalue weighted by atomic mass is 32.1. The first-order chi connectivity index (χ1) is 14.9. The van der Waals surface area contributed by atoms with Gasteiger partial charge in [-0.25, -0.2) is 4.98 Å². The molecule has 1 aliphatic rings. The molecule has 0 unspecified atom stereocenters. The van der Waals surface area contributed by atoms with Crippen LogP contribution in [-0.4, -0.2) is 24.0 Å². The molecule has 1 aromatic heterocycles. The molecular weight excluding hydrogens is 423 g/mol. The third-order valence-corrected chi connectivity index (χ3v) is 6.64. The van der Waals surface area contributed by atoms with Crippen molar-refractivity contribution in [3.63, 3.8) is 0 Å². The number of carbonyl (C=O) groups excluding carboxylic acids is 1. The predicted octanol–water partition coefficient (Wildman–Crippen LogP) is 5.89. The van der Waals surface area contributed by atoms with Crippen molar-refractivity contribution in [2.24, 2.45) is 5.92 Å². The summed E-state index contributed by atoms with van der Waals surface area (Å²) in [4.78, 5) is 16.9. The van der Waals surface area contributed by atoms with Gasteiger partial charge in [0.1, 0.15) is 0 Å². The van der Waals surface area contributed by atoms with E-state index in [9.17, 15) is 18.0 Å². The Hall–Kier alpha value is -2.45. The molecule has 2 aromatic carbocycles. The number of anilines is 1. The minimum Gasteiger partial charge on any atom is -0.317 e. The van der Waals surface area contributed by atoms with Crippen LogP contribution in [0.15, 0.2) is 42.5 Å². The SMILES string of the molecule is O=C(Nc1nc2ccccc2s1)c1ccc(CCCC2CCNCC2)cc1C(F)(F)F. The number of alkyl halides is 3. The molecule has 8 heteroatoms. The van der Waals surface area contributed by atoms with E-state index < -0.39 is 17.6 Å². The molecule has 2 N–H and O–H groups in total. The number of para-hydroxylation sites is 1. The molecule has 2 heterocycles. The van der Waals surface area contributed by atoms with Crippen LogP contribution in [0.3, 0.4) is 0 Å². The Labute approximate surface area is 182 Å². The van der Waals surface area contributed by atoms with Crippen LogP contribution >= 0.6 is 11.3 Å². The van der Waals surface area contributed by atoms with Crippen LogP contribution in [0, 0.1) is 5.92 Å². The van der Waals surface area contributed by atoms with E-state index in [0.717, 1.165) is 49.5 Å². The van der Waals surface area contributed by atoms with Gasteiger partial charge in [-0.3, -0.25) is 10.1 Å². The van der Waals surface area contributed by atoms with Gasteiger partial charge < -0.3 is 5.32 Å². The van der Waals surface area contributed by atoms with Crippen LogP contribution in [0.2, 0.25) is 0 Å². The van der Waals surface area contributed by atoms with Crippen molar-refractivity contribution in [1.29, 1.82) is 0 Å². The number of thiazole rings is 1. The largest absolute Gasteiger partial charge is 0.417 e. The van der Waals surface area contributed by atoms with Gasteiger partial charge in [0.25, 0.3) is 5.91 Å². The highest BCUT2D eigenvalue weighted by Gasteiger charge is 2.35. The average molecular weight is 448 g/mol. The summed E-state index contributed by atoms with van der Waals surface area (Å²) < 4.78 is 42.0. The molecule has 0 bridgehead atoms. The molecule has 164 valence electrons. The maximum absolute atomic E-state index is 13.7. The number of benzene rings is 2. The van der Waals surface area contributed by atoms with E-state index in [0.29, 0.717) is 23.4 Å². The number of halogens is 3. The Kier molecular flexibility index (Phi) is 6.57. The van der Waals surface area contributed by atoms with Crippen LogP contribution in [0.5, 0.6) is 0 Å². The number of hydrogen-bond acceptors (Lipinski definition) is 4. The van der Waals surface area contributed by atoms with Gasteiger partial charge >= 0.3 is 6.18 Å². The van der Waals surface area contributed by atoms with E-state index in [1.54, 1.807) is 12.1 Å². The number of piperidine rings is 1. The number of nitrogens with one attached hydrogen (secondary N) is 2. The monoisotopic (exact) mass is 447 g/mol. The first-order valence-electron chi connectivity index (χ1n) is 10.5. The van der Waals surface area contributed by atoms with Crippen LogP contribution in [0.4, 0.5) is 18.3 Å². The van der Waals surface area contributed by atoms with Crippen molar-refractivity contribution in [2.75, 3.05) is 18.4 Å². The number of hydrogen-bond donors (Lipinski definition) is 2. The van der Waals surface area contributed by atoms with Gasteiger partial charge in [0.2, 0.25) is 0 Å². The molecule has 31 heavy (non-hydrogen) atoms. The zero-order valence-electron chi connectivity index (χ0n) is 17.0. The topological polar surface area (TPSA) is 54.0 Å². The fourth-order valence-corrected chi connectivity index (χ4v) is 4.90. The molecule has 1 fully saturated rings. The van der Waals surface area contributed by atoms with Gasteiger partial charge in [0.05, 0.1) is 21.3 Å². The van der Waals surface area contributed by atoms with E-state index >= 15 is 0 Å². The summed E-state index contributed by atoms with van der Waals surface area (Å²) in [7, 11) is 0. The molecular formula is C23H24F3N3OS. The predicted molar refractivity (Wildman–Crippen MR) is 118 cm³/mol. The van der Waals surface area contributed by atoms with Gasteiger partial charge in [0.15, 0.2) is 5.13 Å². The average Bonchev–Trinajstić information content (AvgIpc) is 3.16. The summed E-state index contributed by atoms with van der Waals surface area (Å²) in [6.45, 7) is 2.03. The number of nitrogens with zero attached hydrogens (tertiary/aromatic N) is 1. The lowest BCUT2D eigenvalue weighted by atomic mass is 9.91. The number of carbonyl (C=O) groups is 1. The summed E-state index contributed by atoms with van der Waals surface area (Å²) in [5, 5.41) is 6.13. The van der Waals surface area contributed by atoms with Crippen molar-refractivity contribution in [1.82, 2.24) is 10.3 Å². The summed E-state index contributed by atoms with van der Waals surface area (Å²) in [6.07, 6.45) is 0.0809. The van der Waals surface area contributed by atoms with Crippen molar-refractivity contribution >= 4 is 32.6 Å². The number of rotatable bonds is 6. The normalized spacial score (nSPS) is 15.3. The Morgan fingerprint density at radius 1 is 1.16 bits per heavy atom. The molecule has 0 aliphatic carbocycles. The molecule has 0 saturated carbocycles. The Balaban J connectivity index is 1.47. The van der Waals surface area contributed by atoms with Crippen LogP contribution in [0.25, 0.3) is 10.2 Å². The molecule has 4 nitrogen and oxygen atoms in total. The highest BCUT2D eigenvalue weighted by molar-refractivity contribution is 7.22. The quantitative estimate of drug-likeness (QED) is 0.495. The number of amides is 1. The third kappa shape index (κ3) is 5.43. The number of aryl methyl sites for hydroxylation is 1. The van der Waals surface area contributed by atoms with Crippen molar-refractivity contribution in [3.8, 4) is 0 Å². The Morgan fingerprint density at radius 2 is 1.94 bits per heavy atom. The second kappa shape index (κ2) is 9.36. The third-order valence-electron chi connectivity index (χ3n) is 5.68. The van der Waals surface area contributed by atoms with Crippen LogP contribution in [0.1, 0.15) is 47.2 Å². The lowest BCUT2D eigenvalue weighted by Gasteiger charge is -2.22. The van der Waals surface area contributed by atoms with Crippen LogP contribution in [-0.2, 0) is 12.6 Å². The second-order valence-electron chi connectivity index (χ2n) is 7.90. The van der Waals surface area contributed by atoms with Crippen molar-refractivity contribution in [2.45, 2.75) is 38.3 Å². The van der Waals surface area contributed by atoms with Gasteiger partial charge in [0, 0.05) is 0 Å². The van der Waals surface area contributed by atoms with E-state index in [-0.39, 0.29) is 10.7 Å². The van der Waals surface area contributed by atoms with Gasteiger partial charge in [-0.15, -0.1) is 0 Å². The molecule has 1 amide bonds. The van der Waals surface area contributed by atoms with Gasteiger partial charge in [-0.1, -0.05) is 36.0 Å². The smallest absolute Gasteiger partial charge is 0.317 e. The van der Waals surface area contributed by atoms with E-state index in [2.05, 4.69) is 15.6 Å². The van der Waals surface area contributed by atoms with Gasteiger partial charge in [-0.2, -0.15) is 13.2 Å². The van der Waals surface area contributed by atoms with E-state index in [4.69, 9.17) is 0 Å². The van der Waals surface area contributed by atoms with Crippen molar-refractivity contribution in [3.05, 3.63) is 59.2 Å². The summed E-state index contributed by atoms with van der Waals surface area (Å²) in [6, 6.07) is 11.3. The first-order valence-corrected chi connectivity index (χ1v) is 11.3. The van der Waals surface area contributed by atoms with E-state index in [1.807, 2.05) is 18.2 Å². The zero-order chi connectivity index (χ0) is 21.8. The minimum absolute atomic E-state index is 0.283. The maximum Gasteiger partial charge on any atom is 0.417 e. The number of aromatic nitrogens is 1. The first kappa shape index (κ1) is 21.8. The minimum atomic E-state index is -4.61. The zero-order valence-corrected chi connectivity index (χ0v) is 17.8. The van der Waals surface area contributed by atoms with E-state index in [1.165, 1.54) is 17.4 Å². The molecule has 4 rings (SSSR count). The molecule has 1 saturated heterocycles. The highest BCUT2D eigenvalue weighted by Crippen LogP contribution is 2.34. The fraction of sp³-hybridized carbons (Fsp3) is 0.391. The van der Waals surface area contributed by atoms with Gasteiger partial charge in [-0.05, 0) is 74.5 Å².